The van der Waals surface area contributed by atoms with Crippen molar-refractivity contribution in [2.45, 2.75) is 69.5 Å². The van der Waals surface area contributed by atoms with Crippen LogP contribution in [0, 0.1) is 0 Å². The Hall–Kier alpha value is -3.38. The fourth-order valence-corrected chi connectivity index (χ4v) is 5.96. The van der Waals surface area contributed by atoms with Gasteiger partial charge in [0, 0.05) is 19.5 Å². The maximum atomic E-state index is 13.8. The fourth-order valence-electron chi connectivity index (χ4n) is 5.96. The zero-order valence-electron chi connectivity index (χ0n) is 22.2. The first-order valence-electron chi connectivity index (χ1n) is 14.1. The number of carbonyl (C=O) groups excluding carboxylic acids is 2. The average Bonchev–Trinajstić information content (AvgIpc) is 3.47. The number of benzene rings is 2. The number of rotatable bonds is 11. The molecule has 0 radical (unpaired) electrons. The Morgan fingerprint density at radius 3 is 2.18 bits per heavy atom. The second-order valence-electron chi connectivity index (χ2n) is 10.7. The Balaban J connectivity index is 1.16. The Morgan fingerprint density at radius 1 is 0.816 bits per heavy atom. The summed E-state index contributed by atoms with van der Waals surface area (Å²) in [6.07, 6.45) is 9.42. The molecule has 2 fully saturated rings. The van der Waals surface area contributed by atoms with Crippen LogP contribution in [0.4, 0.5) is 0 Å². The van der Waals surface area contributed by atoms with Crippen molar-refractivity contribution < 1.29 is 14.0 Å². The molecule has 200 valence electrons. The lowest BCUT2D eigenvalue weighted by atomic mass is 9.81. The van der Waals surface area contributed by atoms with Crippen LogP contribution in [0.5, 0.6) is 0 Å². The summed E-state index contributed by atoms with van der Waals surface area (Å²) in [4.78, 5) is 31.7. The number of unbranched alkanes of at least 4 members (excludes halogenated alkanes) is 3. The summed E-state index contributed by atoms with van der Waals surface area (Å²) in [6.45, 7) is 3.02. The molecule has 3 heterocycles. The number of hydrogen-bond donors (Lipinski definition) is 1. The van der Waals surface area contributed by atoms with Gasteiger partial charge >= 0.3 is 0 Å². The van der Waals surface area contributed by atoms with Crippen molar-refractivity contribution in [3.63, 3.8) is 0 Å². The number of furan rings is 1. The van der Waals surface area contributed by atoms with Gasteiger partial charge in [-0.15, -0.1) is 0 Å². The molecule has 38 heavy (non-hydrogen) atoms. The number of piperazine rings is 1. The minimum absolute atomic E-state index is 0.0169. The normalized spacial score (nSPS) is 19.6. The molecular weight excluding hydrogens is 474 g/mol. The molecule has 1 aromatic heterocycles. The van der Waals surface area contributed by atoms with Gasteiger partial charge in [-0.3, -0.25) is 9.59 Å². The van der Waals surface area contributed by atoms with Gasteiger partial charge in [0.2, 0.25) is 11.8 Å². The number of amides is 2. The van der Waals surface area contributed by atoms with Crippen molar-refractivity contribution >= 4 is 11.8 Å². The van der Waals surface area contributed by atoms with E-state index in [4.69, 9.17) is 4.42 Å². The highest BCUT2D eigenvalue weighted by atomic mass is 16.3. The lowest BCUT2D eigenvalue weighted by Crippen LogP contribution is -2.72. The Bertz CT molecular complexity index is 1160. The zero-order chi connectivity index (χ0) is 26.2. The summed E-state index contributed by atoms with van der Waals surface area (Å²) in [5.41, 5.74) is 1.64. The molecule has 1 N–H and O–H groups in total. The highest BCUT2D eigenvalue weighted by molar-refractivity contribution is 6.00. The monoisotopic (exact) mass is 513 g/mol. The number of nitrogens with zero attached hydrogens (tertiary/aromatic N) is 2. The van der Waals surface area contributed by atoms with Crippen LogP contribution in [-0.2, 0) is 29.0 Å². The maximum Gasteiger partial charge on any atom is 0.246 e. The van der Waals surface area contributed by atoms with Gasteiger partial charge in [0.05, 0.1) is 12.8 Å². The Morgan fingerprint density at radius 2 is 1.50 bits per heavy atom. The topological polar surface area (TPSA) is 65.8 Å². The standard InChI is InChI=1S/C32H39N3O3/c36-30-29(24-27-15-8-4-9-16-27)33-31(37)32(35(30)25-28-17-11-23-38-28)18-21-34(22-19-32)20-10-2-1-5-12-26-13-6-3-7-14-26/h3-4,6-9,11,13-17,23,29H,1-2,5,10,12,18-22,24-25H2,(H,33,37). The predicted octanol–water partition coefficient (Wildman–Crippen LogP) is 4.99. The van der Waals surface area contributed by atoms with Gasteiger partial charge in [-0.05, 0) is 61.9 Å². The lowest BCUT2D eigenvalue weighted by molar-refractivity contribution is -0.162. The minimum atomic E-state index is -0.816. The van der Waals surface area contributed by atoms with E-state index < -0.39 is 11.6 Å². The van der Waals surface area contributed by atoms with E-state index in [1.165, 1.54) is 31.2 Å². The summed E-state index contributed by atoms with van der Waals surface area (Å²) in [5.74, 6) is 0.672. The van der Waals surface area contributed by atoms with Crippen LogP contribution in [0.15, 0.2) is 83.5 Å². The molecule has 5 rings (SSSR count). The molecule has 2 aromatic carbocycles. The number of hydrogen-bond acceptors (Lipinski definition) is 4. The van der Waals surface area contributed by atoms with Gasteiger partial charge in [0.25, 0.3) is 0 Å². The molecule has 1 spiro atoms. The first-order chi connectivity index (χ1) is 18.6. The van der Waals surface area contributed by atoms with E-state index in [1.54, 1.807) is 6.26 Å². The second kappa shape index (κ2) is 12.4. The largest absolute Gasteiger partial charge is 0.467 e. The second-order valence-corrected chi connectivity index (χ2v) is 10.7. The van der Waals surface area contributed by atoms with Gasteiger partial charge in [-0.25, -0.2) is 0 Å². The summed E-state index contributed by atoms with van der Waals surface area (Å²) in [7, 11) is 0. The van der Waals surface area contributed by atoms with Crippen molar-refractivity contribution in [1.29, 1.82) is 0 Å². The molecule has 0 saturated carbocycles. The van der Waals surface area contributed by atoms with E-state index in [1.807, 2.05) is 47.4 Å². The molecule has 2 amide bonds. The van der Waals surface area contributed by atoms with Crippen LogP contribution in [-0.4, -0.2) is 52.8 Å². The van der Waals surface area contributed by atoms with Crippen molar-refractivity contribution in [2.24, 2.45) is 0 Å². The van der Waals surface area contributed by atoms with E-state index >= 15 is 0 Å². The van der Waals surface area contributed by atoms with E-state index in [0.29, 0.717) is 31.6 Å². The molecule has 0 aliphatic carbocycles. The highest BCUT2D eigenvalue weighted by Gasteiger charge is 2.53. The molecule has 2 aliphatic rings. The number of carbonyl (C=O) groups is 2. The number of piperidine rings is 1. The zero-order valence-corrected chi connectivity index (χ0v) is 22.2. The van der Waals surface area contributed by atoms with Gasteiger partial charge in [-0.2, -0.15) is 0 Å². The summed E-state index contributed by atoms with van der Waals surface area (Å²) >= 11 is 0. The van der Waals surface area contributed by atoms with Crippen LogP contribution in [0.1, 0.15) is 55.4 Å². The number of likely N-dealkylation sites (tertiary alicyclic amines) is 1. The first-order valence-corrected chi connectivity index (χ1v) is 14.1. The third-order valence-corrected chi connectivity index (χ3v) is 8.20. The van der Waals surface area contributed by atoms with Crippen molar-refractivity contribution in [1.82, 2.24) is 15.1 Å². The lowest BCUT2D eigenvalue weighted by Gasteiger charge is -2.51. The third kappa shape index (κ3) is 6.18. The summed E-state index contributed by atoms with van der Waals surface area (Å²) in [5, 5.41) is 3.10. The quantitative estimate of drug-likeness (QED) is 0.367. The summed E-state index contributed by atoms with van der Waals surface area (Å²) in [6, 6.07) is 23.7. The number of aryl methyl sites for hydroxylation is 1. The van der Waals surface area contributed by atoms with E-state index in [0.717, 1.165) is 31.6 Å². The van der Waals surface area contributed by atoms with Gasteiger partial charge in [0.1, 0.15) is 17.3 Å². The Labute approximate surface area is 226 Å². The highest BCUT2D eigenvalue weighted by Crippen LogP contribution is 2.35. The van der Waals surface area contributed by atoms with Crippen LogP contribution < -0.4 is 5.32 Å². The van der Waals surface area contributed by atoms with Gasteiger partial charge < -0.3 is 19.5 Å². The average molecular weight is 514 g/mol. The van der Waals surface area contributed by atoms with E-state index in [9.17, 15) is 9.59 Å². The summed E-state index contributed by atoms with van der Waals surface area (Å²) < 4.78 is 5.61. The van der Waals surface area contributed by atoms with Crippen molar-refractivity contribution in [2.75, 3.05) is 19.6 Å². The Kier molecular flexibility index (Phi) is 8.59. The molecular formula is C32H39N3O3. The third-order valence-electron chi connectivity index (χ3n) is 8.20. The number of nitrogens with one attached hydrogen (secondary N) is 1. The fraction of sp³-hybridized carbons (Fsp3) is 0.438. The SMILES string of the molecule is O=C1C(Cc2ccccc2)NC(=O)C2(CCN(CCCCCCc3ccccc3)CC2)N1Cc1ccco1. The van der Waals surface area contributed by atoms with Crippen LogP contribution in [0.3, 0.4) is 0 Å². The molecule has 6 heteroatoms. The van der Waals surface area contributed by atoms with Crippen molar-refractivity contribution in [3.05, 3.63) is 95.9 Å². The molecule has 3 aromatic rings. The van der Waals surface area contributed by atoms with Gasteiger partial charge in [-0.1, -0.05) is 73.5 Å². The molecule has 1 atom stereocenters. The van der Waals surface area contributed by atoms with Gasteiger partial charge in [0.15, 0.2) is 0 Å². The molecule has 1 unspecified atom stereocenters. The molecule has 2 saturated heterocycles. The van der Waals surface area contributed by atoms with E-state index in [-0.39, 0.29) is 11.8 Å². The molecule has 6 nitrogen and oxygen atoms in total. The van der Waals surface area contributed by atoms with Crippen molar-refractivity contribution in [3.8, 4) is 0 Å². The predicted molar refractivity (Wildman–Crippen MR) is 148 cm³/mol. The molecule has 2 aliphatic heterocycles. The van der Waals surface area contributed by atoms with Crippen LogP contribution >= 0.6 is 0 Å². The van der Waals surface area contributed by atoms with Crippen LogP contribution in [0.25, 0.3) is 0 Å². The van der Waals surface area contributed by atoms with E-state index in [2.05, 4.69) is 40.5 Å². The van der Waals surface area contributed by atoms with Crippen LogP contribution in [0.2, 0.25) is 0 Å². The minimum Gasteiger partial charge on any atom is -0.467 e. The first kappa shape index (κ1) is 26.2. The molecule has 0 bridgehead atoms. The maximum absolute atomic E-state index is 13.8. The smallest absolute Gasteiger partial charge is 0.246 e.